The van der Waals surface area contributed by atoms with Crippen LogP contribution in [0.4, 0.5) is 0 Å². The summed E-state index contributed by atoms with van der Waals surface area (Å²) in [6.45, 7) is 4.53. The third-order valence-corrected chi connectivity index (χ3v) is 4.40. The van der Waals surface area contributed by atoms with Crippen molar-refractivity contribution in [1.82, 2.24) is 5.32 Å². The Morgan fingerprint density at radius 1 is 1.29 bits per heavy atom. The second kappa shape index (κ2) is 7.28. The molecule has 3 nitrogen and oxygen atoms in total. The number of amides is 1. The number of carbonyl (C=O) groups is 1. The van der Waals surface area contributed by atoms with Crippen LogP contribution >= 0.6 is 0 Å². The highest BCUT2D eigenvalue weighted by Gasteiger charge is 2.30. The maximum absolute atomic E-state index is 12.2. The van der Waals surface area contributed by atoms with E-state index in [-0.39, 0.29) is 18.6 Å². The summed E-state index contributed by atoms with van der Waals surface area (Å²) in [5.41, 5.74) is 1.54. The summed E-state index contributed by atoms with van der Waals surface area (Å²) in [6, 6.07) is 7.60. The maximum Gasteiger partial charge on any atom is 0.251 e. The van der Waals surface area contributed by atoms with E-state index >= 15 is 0 Å². The Bertz CT molecular complexity index is 539. The quantitative estimate of drug-likeness (QED) is 0.839. The third kappa shape index (κ3) is 4.09. The molecular weight excluding hydrogens is 262 g/mol. The third-order valence-electron chi connectivity index (χ3n) is 4.40. The number of hydrogen-bond acceptors (Lipinski definition) is 2. The van der Waals surface area contributed by atoms with Gasteiger partial charge >= 0.3 is 0 Å². The van der Waals surface area contributed by atoms with Crippen LogP contribution in [0.2, 0.25) is 0 Å². The first-order chi connectivity index (χ1) is 10.1. The predicted octanol–water partition coefficient (Wildman–Crippen LogP) is 2.58. The summed E-state index contributed by atoms with van der Waals surface area (Å²) >= 11 is 0. The van der Waals surface area contributed by atoms with Crippen molar-refractivity contribution in [2.75, 3.05) is 6.61 Å². The molecule has 3 unspecified atom stereocenters. The summed E-state index contributed by atoms with van der Waals surface area (Å²) in [4.78, 5) is 12.2. The standard InChI is InChI=1S/C18H23NO2/c1-13-6-11-17(14(13)2)19-18(21)16-9-7-15(8-10-16)5-3-4-12-20/h7-10,13-14,17,20H,4,6,11-12H2,1-2H3,(H,19,21). The number of benzene rings is 1. The molecule has 0 heterocycles. The van der Waals surface area contributed by atoms with Crippen molar-refractivity contribution >= 4 is 5.91 Å². The number of hydrogen-bond donors (Lipinski definition) is 2. The van der Waals surface area contributed by atoms with E-state index in [0.717, 1.165) is 12.0 Å². The van der Waals surface area contributed by atoms with Crippen LogP contribution in [0, 0.1) is 23.7 Å². The molecule has 1 aromatic rings. The molecule has 0 aromatic heterocycles. The van der Waals surface area contributed by atoms with Crippen LogP contribution in [0.25, 0.3) is 0 Å². The zero-order valence-electron chi connectivity index (χ0n) is 12.7. The Balaban J connectivity index is 1.96. The van der Waals surface area contributed by atoms with Crippen molar-refractivity contribution in [3.63, 3.8) is 0 Å². The Labute approximate surface area is 126 Å². The maximum atomic E-state index is 12.2. The van der Waals surface area contributed by atoms with Crippen LogP contribution in [0.15, 0.2) is 24.3 Å². The second-order valence-electron chi connectivity index (χ2n) is 5.85. The van der Waals surface area contributed by atoms with Gasteiger partial charge in [0, 0.05) is 23.6 Å². The van der Waals surface area contributed by atoms with Crippen molar-refractivity contribution in [2.45, 2.75) is 39.2 Å². The van der Waals surface area contributed by atoms with E-state index in [1.807, 2.05) is 12.1 Å². The van der Waals surface area contributed by atoms with Gasteiger partial charge in [0.05, 0.1) is 6.61 Å². The lowest BCUT2D eigenvalue weighted by atomic mass is 9.97. The molecule has 1 fully saturated rings. The Hall–Kier alpha value is -1.79. The first-order valence-corrected chi connectivity index (χ1v) is 7.62. The summed E-state index contributed by atoms with van der Waals surface area (Å²) in [6.07, 6.45) is 2.73. The zero-order valence-corrected chi connectivity index (χ0v) is 12.7. The molecule has 0 aliphatic heterocycles. The lowest BCUT2D eigenvalue weighted by Gasteiger charge is -2.19. The van der Waals surface area contributed by atoms with Crippen LogP contribution in [0.1, 0.15) is 49.0 Å². The van der Waals surface area contributed by atoms with Crippen LogP contribution in [-0.4, -0.2) is 23.7 Å². The topological polar surface area (TPSA) is 49.3 Å². The van der Waals surface area contributed by atoms with Crippen LogP contribution in [-0.2, 0) is 0 Å². The molecule has 1 aliphatic carbocycles. The Morgan fingerprint density at radius 2 is 2.00 bits per heavy atom. The minimum absolute atomic E-state index is 0.00387. The molecule has 112 valence electrons. The average molecular weight is 285 g/mol. The van der Waals surface area contributed by atoms with Crippen molar-refractivity contribution in [1.29, 1.82) is 0 Å². The molecule has 1 aliphatic rings. The lowest BCUT2D eigenvalue weighted by Crippen LogP contribution is -2.37. The van der Waals surface area contributed by atoms with E-state index in [2.05, 4.69) is 31.0 Å². The first kappa shape index (κ1) is 15.6. The fourth-order valence-corrected chi connectivity index (χ4v) is 2.75. The molecule has 21 heavy (non-hydrogen) atoms. The highest BCUT2D eigenvalue weighted by atomic mass is 16.2. The molecule has 0 bridgehead atoms. The van der Waals surface area contributed by atoms with E-state index in [1.54, 1.807) is 12.1 Å². The molecule has 2 rings (SSSR count). The summed E-state index contributed by atoms with van der Waals surface area (Å²) in [5.74, 6) is 7.04. The second-order valence-corrected chi connectivity index (χ2v) is 5.85. The minimum atomic E-state index is -0.00387. The summed E-state index contributed by atoms with van der Waals surface area (Å²) in [5, 5.41) is 11.8. The molecule has 3 atom stereocenters. The molecule has 0 saturated heterocycles. The molecular formula is C18H23NO2. The van der Waals surface area contributed by atoms with Crippen molar-refractivity contribution in [3.8, 4) is 11.8 Å². The fraction of sp³-hybridized carbons (Fsp3) is 0.500. The highest BCUT2D eigenvalue weighted by Crippen LogP contribution is 2.31. The molecule has 2 N–H and O–H groups in total. The van der Waals surface area contributed by atoms with E-state index in [1.165, 1.54) is 6.42 Å². The number of aliphatic hydroxyl groups excluding tert-OH is 1. The van der Waals surface area contributed by atoms with Gasteiger partial charge in [-0.15, -0.1) is 0 Å². The number of nitrogens with one attached hydrogen (secondary N) is 1. The number of aliphatic hydroxyl groups is 1. The summed E-state index contributed by atoms with van der Waals surface area (Å²) in [7, 11) is 0. The van der Waals surface area contributed by atoms with Crippen molar-refractivity contribution < 1.29 is 9.90 Å². The van der Waals surface area contributed by atoms with Crippen molar-refractivity contribution in [3.05, 3.63) is 35.4 Å². The van der Waals surface area contributed by atoms with Crippen LogP contribution < -0.4 is 5.32 Å². The van der Waals surface area contributed by atoms with Crippen LogP contribution in [0.3, 0.4) is 0 Å². The van der Waals surface area contributed by atoms with E-state index in [9.17, 15) is 4.79 Å². The molecule has 1 aromatic carbocycles. The van der Waals surface area contributed by atoms with Gasteiger partial charge in [-0.05, 0) is 48.9 Å². The Morgan fingerprint density at radius 3 is 2.57 bits per heavy atom. The van der Waals surface area contributed by atoms with Gasteiger partial charge in [0.1, 0.15) is 0 Å². The molecule has 1 amide bonds. The molecule has 0 radical (unpaired) electrons. The SMILES string of the molecule is CC1CCC(NC(=O)c2ccc(C#CCCO)cc2)C1C. The summed E-state index contributed by atoms with van der Waals surface area (Å²) < 4.78 is 0. The molecule has 3 heteroatoms. The van der Waals surface area contributed by atoms with Crippen molar-refractivity contribution in [2.24, 2.45) is 11.8 Å². The van der Waals surface area contributed by atoms with Gasteiger partial charge in [-0.3, -0.25) is 4.79 Å². The van der Waals surface area contributed by atoms with Gasteiger partial charge < -0.3 is 10.4 Å². The van der Waals surface area contributed by atoms with Gasteiger partial charge in [0.15, 0.2) is 0 Å². The van der Waals surface area contributed by atoms with E-state index in [4.69, 9.17) is 5.11 Å². The smallest absolute Gasteiger partial charge is 0.251 e. The van der Waals surface area contributed by atoms with Gasteiger partial charge in [0.2, 0.25) is 0 Å². The Kier molecular flexibility index (Phi) is 5.41. The van der Waals surface area contributed by atoms with E-state index in [0.29, 0.717) is 23.8 Å². The normalized spacial score (nSPS) is 24.2. The molecule has 0 spiro atoms. The number of rotatable bonds is 3. The molecule has 1 saturated carbocycles. The average Bonchev–Trinajstić information content (AvgIpc) is 2.80. The van der Waals surface area contributed by atoms with E-state index < -0.39 is 0 Å². The minimum Gasteiger partial charge on any atom is -0.395 e. The predicted molar refractivity (Wildman–Crippen MR) is 83.8 cm³/mol. The van der Waals surface area contributed by atoms with Gasteiger partial charge in [0.25, 0.3) is 5.91 Å². The largest absolute Gasteiger partial charge is 0.395 e. The van der Waals surface area contributed by atoms with Crippen LogP contribution in [0.5, 0.6) is 0 Å². The number of carbonyl (C=O) groups excluding carboxylic acids is 1. The fourth-order valence-electron chi connectivity index (χ4n) is 2.75. The van der Waals surface area contributed by atoms with Gasteiger partial charge in [-0.25, -0.2) is 0 Å². The highest BCUT2D eigenvalue weighted by molar-refractivity contribution is 5.94. The van der Waals surface area contributed by atoms with Gasteiger partial charge in [-0.2, -0.15) is 0 Å². The zero-order chi connectivity index (χ0) is 15.2. The lowest BCUT2D eigenvalue weighted by molar-refractivity contribution is 0.0927. The first-order valence-electron chi connectivity index (χ1n) is 7.62. The monoisotopic (exact) mass is 285 g/mol. The van der Waals surface area contributed by atoms with Gasteiger partial charge in [-0.1, -0.05) is 25.7 Å².